The van der Waals surface area contributed by atoms with E-state index in [-0.39, 0.29) is 19.0 Å². The van der Waals surface area contributed by atoms with Crippen LogP contribution in [0.25, 0.3) is 0 Å². The highest BCUT2D eigenvalue weighted by atomic mass is 19.4. The molecule has 0 aliphatic heterocycles. The zero-order valence-electron chi connectivity index (χ0n) is 8.67. The molecule has 0 saturated carbocycles. The third-order valence-electron chi connectivity index (χ3n) is 1.53. The van der Waals surface area contributed by atoms with Crippen LogP contribution in [0.4, 0.5) is 19.2 Å². The Bertz CT molecular complexity index is 314. The molecule has 5 nitrogen and oxygen atoms in total. The second-order valence-corrected chi connectivity index (χ2v) is 2.96. The molecule has 0 amide bonds. The SMILES string of the molecule is CCNc1nc(CCOCC(F)(F)F)no1. The van der Waals surface area contributed by atoms with E-state index >= 15 is 0 Å². The standard InChI is InChI=1S/C8H12F3N3O2/c1-2-12-7-13-6(14-16-7)3-4-15-5-8(9,10)11/h2-5H2,1H3,(H,12,13,14). The molecule has 1 aromatic heterocycles. The normalized spacial score (nSPS) is 11.8. The van der Waals surface area contributed by atoms with E-state index in [0.717, 1.165) is 0 Å². The van der Waals surface area contributed by atoms with E-state index in [2.05, 4.69) is 20.2 Å². The van der Waals surface area contributed by atoms with Crippen LogP contribution in [0.1, 0.15) is 12.7 Å². The number of alkyl halides is 3. The largest absolute Gasteiger partial charge is 0.411 e. The maximum Gasteiger partial charge on any atom is 0.411 e. The predicted molar refractivity (Wildman–Crippen MR) is 49.0 cm³/mol. The van der Waals surface area contributed by atoms with Crippen LogP contribution in [-0.2, 0) is 11.2 Å². The molecule has 0 aliphatic carbocycles. The molecule has 1 heterocycles. The zero-order chi connectivity index (χ0) is 12.0. The number of anilines is 1. The second-order valence-electron chi connectivity index (χ2n) is 2.96. The van der Waals surface area contributed by atoms with E-state index in [9.17, 15) is 13.2 Å². The molecule has 0 spiro atoms. The first kappa shape index (κ1) is 12.8. The fraction of sp³-hybridized carbons (Fsp3) is 0.750. The Hall–Kier alpha value is -1.31. The van der Waals surface area contributed by atoms with Crippen LogP contribution in [0, 0.1) is 0 Å². The Morgan fingerprint density at radius 1 is 1.44 bits per heavy atom. The quantitative estimate of drug-likeness (QED) is 0.764. The van der Waals surface area contributed by atoms with Crippen LogP contribution in [0.3, 0.4) is 0 Å². The first-order valence-electron chi connectivity index (χ1n) is 4.72. The number of rotatable bonds is 6. The molecule has 0 saturated heterocycles. The lowest BCUT2D eigenvalue weighted by Gasteiger charge is -2.05. The summed E-state index contributed by atoms with van der Waals surface area (Å²) < 4.78 is 44.3. The van der Waals surface area contributed by atoms with E-state index < -0.39 is 12.8 Å². The number of aromatic nitrogens is 2. The summed E-state index contributed by atoms with van der Waals surface area (Å²) >= 11 is 0. The van der Waals surface area contributed by atoms with E-state index in [1.165, 1.54) is 0 Å². The van der Waals surface area contributed by atoms with Crippen molar-refractivity contribution in [2.75, 3.05) is 25.1 Å². The average Bonchev–Trinajstić information content (AvgIpc) is 2.60. The summed E-state index contributed by atoms with van der Waals surface area (Å²) in [5, 5.41) is 6.34. The van der Waals surface area contributed by atoms with Crippen LogP contribution in [-0.4, -0.2) is 36.1 Å². The molecule has 0 atom stereocenters. The Morgan fingerprint density at radius 3 is 2.81 bits per heavy atom. The van der Waals surface area contributed by atoms with Gasteiger partial charge in [-0.25, -0.2) is 0 Å². The van der Waals surface area contributed by atoms with Crippen molar-refractivity contribution in [3.05, 3.63) is 5.82 Å². The first-order chi connectivity index (χ1) is 7.51. The number of hydrogen-bond donors (Lipinski definition) is 1. The summed E-state index contributed by atoms with van der Waals surface area (Å²) in [6, 6.07) is 0.258. The van der Waals surface area contributed by atoms with Crippen molar-refractivity contribution in [3.63, 3.8) is 0 Å². The van der Waals surface area contributed by atoms with Gasteiger partial charge in [-0.3, -0.25) is 0 Å². The van der Waals surface area contributed by atoms with Crippen molar-refractivity contribution < 1.29 is 22.4 Å². The van der Waals surface area contributed by atoms with Gasteiger partial charge in [0.25, 0.3) is 0 Å². The Balaban J connectivity index is 2.21. The third-order valence-corrected chi connectivity index (χ3v) is 1.53. The molecule has 1 N–H and O–H groups in total. The van der Waals surface area contributed by atoms with Crippen LogP contribution in [0.5, 0.6) is 0 Å². The molecule has 0 bridgehead atoms. The fourth-order valence-electron chi connectivity index (χ4n) is 0.930. The summed E-state index contributed by atoms with van der Waals surface area (Å²) in [7, 11) is 0. The van der Waals surface area contributed by atoms with E-state index in [1.54, 1.807) is 0 Å². The molecule has 8 heteroatoms. The van der Waals surface area contributed by atoms with Gasteiger partial charge in [0.05, 0.1) is 6.61 Å². The second kappa shape index (κ2) is 5.69. The third kappa shape index (κ3) is 4.96. The summed E-state index contributed by atoms with van der Waals surface area (Å²) in [6.07, 6.45) is -4.11. The molecule has 0 fully saturated rings. The van der Waals surface area contributed by atoms with Gasteiger partial charge < -0.3 is 14.6 Å². The fourth-order valence-corrected chi connectivity index (χ4v) is 0.930. The summed E-state index contributed by atoms with van der Waals surface area (Å²) in [4.78, 5) is 3.88. The van der Waals surface area contributed by atoms with Crippen LogP contribution in [0.15, 0.2) is 4.52 Å². The molecule has 16 heavy (non-hydrogen) atoms. The molecule has 0 unspecified atom stereocenters. The van der Waals surface area contributed by atoms with Crippen LogP contribution >= 0.6 is 0 Å². The average molecular weight is 239 g/mol. The van der Waals surface area contributed by atoms with Gasteiger partial charge >= 0.3 is 12.2 Å². The lowest BCUT2D eigenvalue weighted by atomic mass is 10.4. The van der Waals surface area contributed by atoms with Crippen molar-refractivity contribution in [1.82, 2.24) is 10.1 Å². The van der Waals surface area contributed by atoms with E-state index in [4.69, 9.17) is 4.52 Å². The highest BCUT2D eigenvalue weighted by molar-refractivity contribution is 5.17. The highest BCUT2D eigenvalue weighted by Crippen LogP contribution is 2.14. The minimum Gasteiger partial charge on any atom is -0.372 e. The number of halogens is 3. The Morgan fingerprint density at radius 2 is 2.19 bits per heavy atom. The Kier molecular flexibility index (Phi) is 4.53. The first-order valence-corrected chi connectivity index (χ1v) is 4.72. The predicted octanol–water partition coefficient (Wildman–Crippen LogP) is 1.62. The molecule has 0 aromatic carbocycles. The van der Waals surface area contributed by atoms with Crippen molar-refractivity contribution in [2.45, 2.75) is 19.5 Å². The topological polar surface area (TPSA) is 60.2 Å². The van der Waals surface area contributed by atoms with Crippen molar-refractivity contribution in [2.24, 2.45) is 0 Å². The minimum atomic E-state index is -4.30. The molecule has 1 rings (SSSR count). The van der Waals surface area contributed by atoms with Gasteiger partial charge in [-0.15, -0.1) is 0 Å². The van der Waals surface area contributed by atoms with Crippen molar-refractivity contribution in [3.8, 4) is 0 Å². The zero-order valence-corrected chi connectivity index (χ0v) is 8.67. The number of nitrogens with one attached hydrogen (secondary N) is 1. The van der Waals surface area contributed by atoms with Gasteiger partial charge in [-0.1, -0.05) is 5.16 Å². The molecule has 1 aromatic rings. The lowest BCUT2D eigenvalue weighted by Crippen LogP contribution is -2.18. The number of nitrogens with zero attached hydrogens (tertiary/aromatic N) is 2. The molecule has 0 aliphatic rings. The lowest BCUT2D eigenvalue weighted by molar-refractivity contribution is -0.173. The maximum absolute atomic E-state index is 11.7. The van der Waals surface area contributed by atoms with Crippen LogP contribution < -0.4 is 5.32 Å². The molecular weight excluding hydrogens is 227 g/mol. The summed E-state index contributed by atoms with van der Waals surface area (Å²) in [5.74, 6) is 0.318. The Labute approximate surface area is 90.0 Å². The molecular formula is C8H12F3N3O2. The minimum absolute atomic E-state index is 0.0927. The van der Waals surface area contributed by atoms with Gasteiger partial charge in [0, 0.05) is 13.0 Å². The monoisotopic (exact) mass is 239 g/mol. The summed E-state index contributed by atoms with van der Waals surface area (Å²) in [6.45, 7) is 1.14. The van der Waals surface area contributed by atoms with Crippen molar-refractivity contribution >= 4 is 6.01 Å². The smallest absolute Gasteiger partial charge is 0.372 e. The van der Waals surface area contributed by atoms with Crippen molar-refractivity contribution in [1.29, 1.82) is 0 Å². The molecule has 0 radical (unpaired) electrons. The summed E-state index contributed by atoms with van der Waals surface area (Å²) in [5.41, 5.74) is 0. The highest BCUT2D eigenvalue weighted by Gasteiger charge is 2.27. The van der Waals surface area contributed by atoms with Gasteiger partial charge in [0.15, 0.2) is 5.82 Å². The number of ether oxygens (including phenoxy) is 1. The van der Waals surface area contributed by atoms with E-state index in [1.807, 2.05) is 6.92 Å². The number of hydrogen-bond acceptors (Lipinski definition) is 5. The maximum atomic E-state index is 11.7. The molecule has 92 valence electrons. The van der Waals surface area contributed by atoms with Gasteiger partial charge in [0.1, 0.15) is 6.61 Å². The van der Waals surface area contributed by atoms with Gasteiger partial charge in [-0.05, 0) is 6.92 Å². The van der Waals surface area contributed by atoms with Gasteiger partial charge in [0.2, 0.25) is 0 Å². The van der Waals surface area contributed by atoms with E-state index in [0.29, 0.717) is 12.4 Å². The van der Waals surface area contributed by atoms with Gasteiger partial charge in [-0.2, -0.15) is 18.2 Å². The van der Waals surface area contributed by atoms with Crippen LogP contribution in [0.2, 0.25) is 0 Å².